The molecule has 1 aromatic heterocycles. The molecule has 1 aromatic rings. The summed E-state index contributed by atoms with van der Waals surface area (Å²) in [5, 5.41) is 6.60. The SMILES string of the molecule is COCCCN(C)CCN=C(NCCOC)NCCc1ccco1.I. The number of nitrogens with zero attached hydrogens (tertiary/aromatic N) is 2. The number of aliphatic imine (C=N–C) groups is 1. The summed E-state index contributed by atoms with van der Waals surface area (Å²) < 4.78 is 15.5. The lowest BCUT2D eigenvalue weighted by molar-refractivity contribution is 0.180. The molecular weight excluding hydrogens is 435 g/mol. The fourth-order valence-electron chi connectivity index (χ4n) is 2.13. The molecule has 8 heteroatoms. The van der Waals surface area contributed by atoms with Gasteiger partial charge < -0.3 is 29.4 Å². The fraction of sp³-hybridized carbons (Fsp3) is 0.706. The van der Waals surface area contributed by atoms with Gasteiger partial charge in [-0.1, -0.05) is 0 Å². The third kappa shape index (κ3) is 13.1. The van der Waals surface area contributed by atoms with Crippen LogP contribution in [0.5, 0.6) is 0 Å². The average Bonchev–Trinajstić information content (AvgIpc) is 3.08. The Hall–Kier alpha value is -0.840. The number of methoxy groups -OCH3 is 2. The van der Waals surface area contributed by atoms with Gasteiger partial charge in [-0.15, -0.1) is 24.0 Å². The molecule has 1 rings (SSSR count). The van der Waals surface area contributed by atoms with E-state index in [0.717, 1.165) is 63.9 Å². The molecule has 0 saturated carbocycles. The first kappa shape index (κ1) is 24.2. The van der Waals surface area contributed by atoms with Crippen molar-refractivity contribution >= 4 is 29.9 Å². The Balaban J connectivity index is 0.00000576. The zero-order valence-electron chi connectivity index (χ0n) is 15.6. The number of rotatable bonds is 13. The second kappa shape index (κ2) is 16.6. The van der Waals surface area contributed by atoms with E-state index in [4.69, 9.17) is 13.9 Å². The highest BCUT2D eigenvalue weighted by molar-refractivity contribution is 14.0. The van der Waals surface area contributed by atoms with Crippen LogP contribution < -0.4 is 10.6 Å². The van der Waals surface area contributed by atoms with Gasteiger partial charge in [-0.25, -0.2) is 0 Å². The number of guanidine groups is 1. The fourth-order valence-corrected chi connectivity index (χ4v) is 2.13. The molecule has 0 aliphatic carbocycles. The molecule has 0 aliphatic heterocycles. The lowest BCUT2D eigenvalue weighted by Gasteiger charge is -2.16. The van der Waals surface area contributed by atoms with E-state index in [-0.39, 0.29) is 24.0 Å². The molecule has 2 N–H and O–H groups in total. The van der Waals surface area contributed by atoms with Gasteiger partial charge in [0.25, 0.3) is 0 Å². The molecule has 1 heterocycles. The Labute approximate surface area is 168 Å². The average molecular weight is 468 g/mol. The monoisotopic (exact) mass is 468 g/mol. The first-order chi connectivity index (χ1) is 11.8. The lowest BCUT2D eigenvalue weighted by atomic mass is 10.3. The van der Waals surface area contributed by atoms with E-state index in [1.165, 1.54) is 0 Å². The van der Waals surface area contributed by atoms with Crippen molar-refractivity contribution in [2.24, 2.45) is 4.99 Å². The van der Waals surface area contributed by atoms with Gasteiger partial charge in [-0.2, -0.15) is 0 Å². The van der Waals surface area contributed by atoms with Gasteiger partial charge in [0.1, 0.15) is 5.76 Å². The second-order valence-corrected chi connectivity index (χ2v) is 5.56. The maximum Gasteiger partial charge on any atom is 0.191 e. The minimum atomic E-state index is 0. The molecule has 25 heavy (non-hydrogen) atoms. The summed E-state index contributed by atoms with van der Waals surface area (Å²) in [6.45, 7) is 5.62. The highest BCUT2D eigenvalue weighted by Gasteiger charge is 2.01. The van der Waals surface area contributed by atoms with Gasteiger partial charge in [-0.3, -0.25) is 4.99 Å². The first-order valence-corrected chi connectivity index (χ1v) is 8.47. The molecule has 146 valence electrons. The van der Waals surface area contributed by atoms with Crippen LogP contribution in [0.25, 0.3) is 0 Å². The van der Waals surface area contributed by atoms with Crippen LogP contribution in [0.2, 0.25) is 0 Å². The smallest absolute Gasteiger partial charge is 0.191 e. The van der Waals surface area contributed by atoms with Crippen LogP contribution in [0.15, 0.2) is 27.8 Å². The molecule has 0 aromatic carbocycles. The van der Waals surface area contributed by atoms with E-state index in [1.807, 2.05) is 12.1 Å². The molecule has 0 fully saturated rings. The van der Waals surface area contributed by atoms with Crippen LogP contribution in [-0.2, 0) is 15.9 Å². The minimum Gasteiger partial charge on any atom is -0.469 e. The zero-order valence-corrected chi connectivity index (χ0v) is 18.0. The normalized spacial score (nSPS) is 11.4. The first-order valence-electron chi connectivity index (χ1n) is 8.47. The third-order valence-electron chi connectivity index (χ3n) is 3.48. The number of furan rings is 1. The van der Waals surface area contributed by atoms with E-state index >= 15 is 0 Å². The van der Waals surface area contributed by atoms with Crippen LogP contribution in [0.4, 0.5) is 0 Å². The Morgan fingerprint density at radius 3 is 2.60 bits per heavy atom. The number of hydrogen-bond acceptors (Lipinski definition) is 5. The van der Waals surface area contributed by atoms with Gasteiger partial charge in [0.05, 0.1) is 19.4 Å². The predicted molar refractivity (Wildman–Crippen MR) is 112 cm³/mol. The molecule has 0 amide bonds. The van der Waals surface area contributed by atoms with E-state index in [1.54, 1.807) is 20.5 Å². The maximum absolute atomic E-state index is 5.34. The summed E-state index contributed by atoms with van der Waals surface area (Å²) in [4.78, 5) is 6.88. The second-order valence-electron chi connectivity index (χ2n) is 5.56. The van der Waals surface area contributed by atoms with E-state index in [0.29, 0.717) is 6.61 Å². The molecule has 7 nitrogen and oxygen atoms in total. The Morgan fingerprint density at radius 1 is 1.16 bits per heavy atom. The van der Waals surface area contributed by atoms with Gasteiger partial charge in [0, 0.05) is 53.4 Å². The highest BCUT2D eigenvalue weighted by atomic mass is 127. The van der Waals surface area contributed by atoms with Crippen LogP contribution in [0, 0.1) is 0 Å². The minimum absolute atomic E-state index is 0. The number of ether oxygens (including phenoxy) is 2. The predicted octanol–water partition coefficient (Wildman–Crippen LogP) is 1.59. The van der Waals surface area contributed by atoms with Crippen LogP contribution in [-0.4, -0.2) is 78.1 Å². The number of likely N-dealkylation sites (N-methyl/N-ethyl adjacent to an activating group) is 1. The Bertz CT molecular complexity index is 430. The summed E-state index contributed by atoms with van der Waals surface area (Å²) in [5.41, 5.74) is 0. The molecule has 0 aliphatic rings. The van der Waals surface area contributed by atoms with Gasteiger partial charge in [-0.05, 0) is 25.6 Å². The van der Waals surface area contributed by atoms with E-state index < -0.39 is 0 Å². The summed E-state index contributed by atoms with van der Waals surface area (Å²) >= 11 is 0. The van der Waals surface area contributed by atoms with Gasteiger partial charge in [0.15, 0.2) is 5.96 Å². The van der Waals surface area contributed by atoms with Crippen LogP contribution in [0.1, 0.15) is 12.2 Å². The summed E-state index contributed by atoms with van der Waals surface area (Å²) in [6, 6.07) is 3.88. The largest absolute Gasteiger partial charge is 0.469 e. The summed E-state index contributed by atoms with van der Waals surface area (Å²) in [7, 11) is 5.53. The van der Waals surface area contributed by atoms with E-state index in [2.05, 4.69) is 27.6 Å². The highest BCUT2D eigenvalue weighted by Crippen LogP contribution is 1.99. The Kier molecular flexibility index (Phi) is 16.1. The van der Waals surface area contributed by atoms with Crippen molar-refractivity contribution in [3.8, 4) is 0 Å². The molecule has 0 spiro atoms. The molecular formula is C17H33IN4O3. The van der Waals surface area contributed by atoms with Crippen LogP contribution >= 0.6 is 24.0 Å². The third-order valence-corrected chi connectivity index (χ3v) is 3.48. The standard InChI is InChI=1S/C17H32N4O3.HI/c1-21(11-5-13-22-2)12-9-19-17(20-10-15-23-3)18-8-7-16-6-4-14-24-16;/h4,6,14H,5,7-13,15H2,1-3H3,(H2,18,19,20);1H. The zero-order chi connectivity index (χ0) is 17.5. The van der Waals surface area contributed by atoms with E-state index in [9.17, 15) is 0 Å². The molecule has 0 radical (unpaired) electrons. The number of halogens is 1. The summed E-state index contributed by atoms with van der Waals surface area (Å²) in [6.07, 6.45) is 3.56. The van der Waals surface area contributed by atoms with Crippen LogP contribution in [0.3, 0.4) is 0 Å². The molecule has 0 saturated heterocycles. The Morgan fingerprint density at radius 2 is 1.92 bits per heavy atom. The lowest BCUT2D eigenvalue weighted by Crippen LogP contribution is -2.40. The molecule has 0 bridgehead atoms. The van der Waals surface area contributed by atoms with Crippen molar-refractivity contribution in [3.63, 3.8) is 0 Å². The number of nitrogens with one attached hydrogen (secondary N) is 2. The maximum atomic E-state index is 5.34. The summed E-state index contributed by atoms with van der Waals surface area (Å²) in [5.74, 6) is 1.78. The van der Waals surface area contributed by atoms with Crippen molar-refractivity contribution in [1.82, 2.24) is 15.5 Å². The van der Waals surface area contributed by atoms with Crippen molar-refractivity contribution in [2.45, 2.75) is 12.8 Å². The molecule has 0 unspecified atom stereocenters. The number of hydrogen-bond donors (Lipinski definition) is 2. The van der Waals surface area contributed by atoms with Crippen molar-refractivity contribution < 1.29 is 13.9 Å². The van der Waals surface area contributed by atoms with Crippen molar-refractivity contribution in [3.05, 3.63) is 24.2 Å². The van der Waals surface area contributed by atoms with Crippen molar-refractivity contribution in [2.75, 3.05) is 67.2 Å². The van der Waals surface area contributed by atoms with Gasteiger partial charge >= 0.3 is 0 Å². The van der Waals surface area contributed by atoms with Crippen molar-refractivity contribution in [1.29, 1.82) is 0 Å². The topological polar surface area (TPSA) is 71.3 Å². The quantitative estimate of drug-likeness (QED) is 0.198. The molecule has 0 atom stereocenters. The van der Waals surface area contributed by atoms with Gasteiger partial charge in [0.2, 0.25) is 0 Å².